The standard InChI is InChI=1S/C8H10N2.C2H6/c1-6-3-2-4-8(10)7(6)5-9;1-2/h2-5,9H,10H2,1H3;1-2H3. The molecule has 0 bridgehead atoms. The Morgan fingerprint density at radius 3 is 2.25 bits per heavy atom. The van der Waals surface area contributed by atoms with Gasteiger partial charge < -0.3 is 11.1 Å². The molecule has 2 heteroatoms. The Balaban J connectivity index is 0.000000561. The van der Waals surface area contributed by atoms with Crippen LogP contribution in [0.15, 0.2) is 18.2 Å². The monoisotopic (exact) mass is 164 g/mol. The van der Waals surface area contributed by atoms with Crippen molar-refractivity contribution in [3.63, 3.8) is 0 Å². The Kier molecular flexibility index (Phi) is 4.77. The molecule has 0 unspecified atom stereocenters. The molecule has 0 aromatic heterocycles. The van der Waals surface area contributed by atoms with Gasteiger partial charge in [-0.05, 0) is 18.6 Å². The van der Waals surface area contributed by atoms with E-state index < -0.39 is 0 Å². The van der Waals surface area contributed by atoms with E-state index in [0.29, 0.717) is 5.69 Å². The number of nitrogens with two attached hydrogens (primary N) is 1. The Bertz CT molecular complexity index is 234. The van der Waals surface area contributed by atoms with E-state index in [4.69, 9.17) is 11.1 Å². The lowest BCUT2D eigenvalue weighted by molar-refractivity contribution is 1.43. The number of nitrogens with one attached hydrogen (secondary N) is 1. The van der Waals surface area contributed by atoms with Gasteiger partial charge in [-0.3, -0.25) is 0 Å². The summed E-state index contributed by atoms with van der Waals surface area (Å²) in [7, 11) is 0. The van der Waals surface area contributed by atoms with Gasteiger partial charge in [-0.15, -0.1) is 0 Å². The molecular weight excluding hydrogens is 148 g/mol. The highest BCUT2D eigenvalue weighted by molar-refractivity contribution is 5.86. The maximum atomic E-state index is 7.02. The third-order valence-corrected chi connectivity index (χ3v) is 1.50. The minimum absolute atomic E-state index is 0.676. The van der Waals surface area contributed by atoms with E-state index in [2.05, 4.69) is 0 Å². The van der Waals surface area contributed by atoms with Crippen LogP contribution >= 0.6 is 0 Å². The van der Waals surface area contributed by atoms with Gasteiger partial charge in [0.05, 0.1) is 0 Å². The molecular formula is C10H16N2. The van der Waals surface area contributed by atoms with E-state index in [0.717, 1.165) is 11.1 Å². The van der Waals surface area contributed by atoms with Crippen LogP contribution in [0, 0.1) is 12.3 Å². The number of rotatable bonds is 1. The van der Waals surface area contributed by atoms with Gasteiger partial charge in [-0.1, -0.05) is 26.0 Å². The number of hydrogen-bond donors (Lipinski definition) is 2. The van der Waals surface area contributed by atoms with Gasteiger partial charge in [0.25, 0.3) is 0 Å². The average Bonchev–Trinajstić information content (AvgIpc) is 2.08. The van der Waals surface area contributed by atoms with Gasteiger partial charge in [0.2, 0.25) is 0 Å². The van der Waals surface area contributed by atoms with Crippen LogP contribution in [0.2, 0.25) is 0 Å². The summed E-state index contributed by atoms with van der Waals surface area (Å²) in [6.07, 6.45) is 1.28. The number of aryl methyl sites for hydroxylation is 1. The molecule has 1 rings (SSSR count). The van der Waals surface area contributed by atoms with Gasteiger partial charge in [0.15, 0.2) is 0 Å². The summed E-state index contributed by atoms with van der Waals surface area (Å²) in [6, 6.07) is 5.63. The number of benzene rings is 1. The van der Waals surface area contributed by atoms with E-state index in [-0.39, 0.29) is 0 Å². The Hall–Kier alpha value is -1.31. The summed E-state index contributed by atoms with van der Waals surface area (Å²) in [6.45, 7) is 5.94. The predicted molar refractivity (Wildman–Crippen MR) is 54.8 cm³/mol. The summed E-state index contributed by atoms with van der Waals surface area (Å²) in [5, 5.41) is 7.02. The fourth-order valence-corrected chi connectivity index (χ4v) is 0.901. The predicted octanol–water partition coefficient (Wildman–Crippen LogP) is 2.60. The first kappa shape index (κ1) is 10.7. The molecule has 2 nitrogen and oxygen atoms in total. The summed E-state index contributed by atoms with van der Waals surface area (Å²) in [5.74, 6) is 0. The Morgan fingerprint density at radius 1 is 1.33 bits per heavy atom. The molecule has 0 spiro atoms. The highest BCUT2D eigenvalue weighted by Crippen LogP contribution is 2.12. The minimum Gasteiger partial charge on any atom is -0.398 e. The largest absolute Gasteiger partial charge is 0.398 e. The molecule has 0 heterocycles. The van der Waals surface area contributed by atoms with Crippen molar-refractivity contribution < 1.29 is 0 Å². The van der Waals surface area contributed by atoms with Crippen LogP contribution in [0.25, 0.3) is 0 Å². The molecule has 0 aliphatic heterocycles. The summed E-state index contributed by atoms with van der Waals surface area (Å²) >= 11 is 0. The summed E-state index contributed by atoms with van der Waals surface area (Å²) < 4.78 is 0. The average molecular weight is 164 g/mol. The second-order valence-electron chi connectivity index (χ2n) is 2.22. The van der Waals surface area contributed by atoms with Gasteiger partial charge in [-0.2, -0.15) is 0 Å². The van der Waals surface area contributed by atoms with Crippen molar-refractivity contribution in [2.75, 3.05) is 5.73 Å². The van der Waals surface area contributed by atoms with Crippen LogP contribution in [0.3, 0.4) is 0 Å². The van der Waals surface area contributed by atoms with Crippen molar-refractivity contribution in [1.82, 2.24) is 0 Å². The Morgan fingerprint density at radius 2 is 1.92 bits per heavy atom. The number of nitrogen functional groups attached to an aromatic ring is 1. The van der Waals surface area contributed by atoms with Gasteiger partial charge in [0.1, 0.15) is 0 Å². The SMILES string of the molecule is CC.Cc1cccc(N)c1C=N. The van der Waals surface area contributed by atoms with Crippen molar-refractivity contribution in [1.29, 1.82) is 5.41 Å². The summed E-state index contributed by atoms with van der Waals surface area (Å²) in [4.78, 5) is 0. The van der Waals surface area contributed by atoms with Crippen LogP contribution in [0.5, 0.6) is 0 Å². The fraction of sp³-hybridized carbons (Fsp3) is 0.300. The molecule has 0 aliphatic carbocycles. The van der Waals surface area contributed by atoms with Gasteiger partial charge >= 0.3 is 0 Å². The van der Waals surface area contributed by atoms with Crippen molar-refractivity contribution in [2.24, 2.45) is 0 Å². The van der Waals surface area contributed by atoms with Crippen molar-refractivity contribution >= 4 is 11.9 Å². The van der Waals surface area contributed by atoms with Crippen LogP contribution in [0.1, 0.15) is 25.0 Å². The van der Waals surface area contributed by atoms with E-state index in [1.165, 1.54) is 6.21 Å². The maximum absolute atomic E-state index is 7.02. The molecule has 1 aromatic rings. The molecule has 1 aromatic carbocycles. The van der Waals surface area contributed by atoms with Crippen molar-refractivity contribution in [3.05, 3.63) is 29.3 Å². The lowest BCUT2D eigenvalue weighted by atomic mass is 10.1. The third-order valence-electron chi connectivity index (χ3n) is 1.50. The van der Waals surface area contributed by atoms with E-state index in [1.54, 1.807) is 6.07 Å². The van der Waals surface area contributed by atoms with Crippen LogP contribution in [-0.4, -0.2) is 6.21 Å². The molecule has 3 N–H and O–H groups in total. The van der Waals surface area contributed by atoms with Crippen LogP contribution < -0.4 is 5.73 Å². The highest BCUT2D eigenvalue weighted by Gasteiger charge is 1.96. The van der Waals surface area contributed by atoms with E-state index in [9.17, 15) is 0 Å². The first-order chi connectivity index (χ1) is 5.75. The molecule has 0 radical (unpaired) electrons. The zero-order valence-corrected chi connectivity index (χ0v) is 7.89. The van der Waals surface area contributed by atoms with Crippen LogP contribution in [0.4, 0.5) is 5.69 Å². The fourth-order valence-electron chi connectivity index (χ4n) is 0.901. The van der Waals surface area contributed by atoms with Crippen molar-refractivity contribution in [3.8, 4) is 0 Å². The van der Waals surface area contributed by atoms with Crippen molar-refractivity contribution in [2.45, 2.75) is 20.8 Å². The lowest BCUT2D eigenvalue weighted by Gasteiger charge is -2.01. The number of hydrogen-bond acceptors (Lipinski definition) is 2. The van der Waals surface area contributed by atoms with E-state index >= 15 is 0 Å². The molecule has 0 aliphatic rings. The Labute approximate surface area is 73.9 Å². The highest BCUT2D eigenvalue weighted by atomic mass is 14.6. The molecule has 0 saturated heterocycles. The van der Waals surface area contributed by atoms with E-state index in [1.807, 2.05) is 32.9 Å². The second-order valence-corrected chi connectivity index (χ2v) is 2.22. The molecule has 12 heavy (non-hydrogen) atoms. The normalized spacial score (nSPS) is 8.25. The number of anilines is 1. The maximum Gasteiger partial charge on any atom is 0.0405 e. The first-order valence-electron chi connectivity index (χ1n) is 4.11. The third kappa shape index (κ3) is 2.38. The summed E-state index contributed by atoms with van der Waals surface area (Å²) in [5.41, 5.74) is 8.13. The minimum atomic E-state index is 0.676. The zero-order valence-electron chi connectivity index (χ0n) is 7.89. The van der Waals surface area contributed by atoms with Gasteiger partial charge in [-0.25, -0.2) is 0 Å². The molecule has 0 saturated carbocycles. The molecule has 0 atom stereocenters. The van der Waals surface area contributed by atoms with Gasteiger partial charge in [0, 0.05) is 17.5 Å². The second kappa shape index (κ2) is 5.35. The van der Waals surface area contributed by atoms with Crippen LogP contribution in [-0.2, 0) is 0 Å². The first-order valence-corrected chi connectivity index (χ1v) is 4.11. The smallest absolute Gasteiger partial charge is 0.0405 e. The molecule has 66 valence electrons. The zero-order chi connectivity index (χ0) is 9.56. The lowest BCUT2D eigenvalue weighted by Crippen LogP contribution is -1.94. The molecule has 0 amide bonds. The topological polar surface area (TPSA) is 49.9 Å². The quantitative estimate of drug-likeness (QED) is 0.486. The molecule has 0 fully saturated rings.